The quantitative estimate of drug-likeness (QED) is 0.164. The molecule has 7 rings (SSSR count). The Labute approximate surface area is 267 Å². The molecule has 5 aromatic carbocycles. The van der Waals surface area contributed by atoms with Gasteiger partial charge in [0.2, 0.25) is 0 Å². The van der Waals surface area contributed by atoms with Crippen molar-refractivity contribution in [1.82, 2.24) is 9.91 Å². The first-order valence-electron chi connectivity index (χ1n) is 16.3. The van der Waals surface area contributed by atoms with Crippen molar-refractivity contribution in [2.24, 2.45) is 0 Å². The molecule has 226 valence electrons. The highest BCUT2D eigenvalue weighted by Gasteiger charge is 2.53. The Balaban J connectivity index is 1.22. The molecule has 45 heavy (non-hydrogen) atoms. The number of carbonyl (C=O) groups excluding carboxylic acids is 1. The molecule has 2 aliphatic rings. The minimum atomic E-state index is -0.764. The normalized spacial score (nSPS) is 18.8. The number of carbonyl (C=O) groups is 1. The molecular formula is C41H41N3O. The lowest BCUT2D eigenvalue weighted by Crippen LogP contribution is -2.50. The van der Waals surface area contributed by atoms with Crippen molar-refractivity contribution in [1.29, 1.82) is 0 Å². The van der Waals surface area contributed by atoms with Crippen LogP contribution in [0.5, 0.6) is 0 Å². The van der Waals surface area contributed by atoms with Crippen LogP contribution in [0.1, 0.15) is 53.0 Å². The van der Waals surface area contributed by atoms with Gasteiger partial charge in [0.25, 0.3) is 5.91 Å². The zero-order valence-corrected chi connectivity index (χ0v) is 25.8. The van der Waals surface area contributed by atoms with Gasteiger partial charge in [-0.2, -0.15) is 0 Å². The Bertz CT molecular complexity index is 1640. The monoisotopic (exact) mass is 591 g/mol. The lowest BCUT2D eigenvalue weighted by atomic mass is 9.72. The van der Waals surface area contributed by atoms with Crippen LogP contribution in [-0.2, 0) is 23.3 Å². The molecule has 2 heterocycles. The maximum Gasteiger partial charge on any atom is 0.256 e. The number of amides is 1. The molecule has 0 N–H and O–H groups in total. The molecule has 4 heteroatoms. The number of hydrogen-bond donors (Lipinski definition) is 0. The molecule has 2 aliphatic heterocycles. The van der Waals surface area contributed by atoms with Crippen molar-refractivity contribution in [2.45, 2.75) is 43.7 Å². The molecule has 0 aliphatic carbocycles. The van der Waals surface area contributed by atoms with Crippen molar-refractivity contribution < 1.29 is 4.79 Å². The molecule has 1 saturated heterocycles. The van der Waals surface area contributed by atoms with Crippen LogP contribution in [0.2, 0.25) is 0 Å². The Hall–Kier alpha value is -4.51. The van der Waals surface area contributed by atoms with Gasteiger partial charge in [0.15, 0.2) is 0 Å². The Morgan fingerprint density at radius 1 is 0.622 bits per heavy atom. The van der Waals surface area contributed by atoms with Crippen molar-refractivity contribution in [3.63, 3.8) is 0 Å². The van der Waals surface area contributed by atoms with E-state index < -0.39 is 5.41 Å². The second-order valence-electron chi connectivity index (χ2n) is 12.5. The maximum atomic E-state index is 15.3. The first-order valence-corrected chi connectivity index (χ1v) is 16.3. The number of likely N-dealkylation sites (tertiary alicyclic amines) is 1. The van der Waals surface area contributed by atoms with E-state index in [4.69, 9.17) is 0 Å². The number of hydrazine groups is 1. The van der Waals surface area contributed by atoms with Gasteiger partial charge in [0, 0.05) is 13.1 Å². The summed E-state index contributed by atoms with van der Waals surface area (Å²) in [4.78, 5) is 17.9. The summed E-state index contributed by atoms with van der Waals surface area (Å²) in [5, 5.41) is 4.24. The van der Waals surface area contributed by atoms with Crippen LogP contribution in [0.15, 0.2) is 146 Å². The molecule has 0 spiro atoms. The number of benzene rings is 5. The average molecular weight is 592 g/mol. The lowest BCUT2D eigenvalue weighted by Gasteiger charge is -2.37. The predicted octanol–water partition coefficient (Wildman–Crippen LogP) is 8.21. The van der Waals surface area contributed by atoms with Crippen LogP contribution in [0.4, 0.5) is 5.69 Å². The number of fused-ring (bicyclic) bond motifs is 1. The second-order valence-corrected chi connectivity index (χ2v) is 12.5. The fourth-order valence-corrected chi connectivity index (χ4v) is 7.42. The van der Waals surface area contributed by atoms with Gasteiger partial charge >= 0.3 is 0 Å². The molecule has 1 unspecified atom stereocenters. The van der Waals surface area contributed by atoms with E-state index in [1.165, 1.54) is 16.7 Å². The molecular weight excluding hydrogens is 550 g/mol. The number of piperidine rings is 1. The Morgan fingerprint density at radius 3 is 1.73 bits per heavy atom. The van der Waals surface area contributed by atoms with E-state index in [2.05, 4.69) is 137 Å². The summed E-state index contributed by atoms with van der Waals surface area (Å²) in [5.41, 5.74) is 6.20. The summed E-state index contributed by atoms with van der Waals surface area (Å²) < 4.78 is 0. The number of nitrogens with zero attached hydrogens (tertiary/aromatic N) is 3. The summed E-state index contributed by atoms with van der Waals surface area (Å²) >= 11 is 0. The average Bonchev–Trinajstić information content (AvgIpc) is 3.37. The van der Waals surface area contributed by atoms with E-state index >= 15 is 4.79 Å². The molecule has 1 amide bonds. The smallest absolute Gasteiger partial charge is 0.256 e. The van der Waals surface area contributed by atoms with E-state index in [-0.39, 0.29) is 5.91 Å². The Kier molecular flexibility index (Phi) is 8.59. The maximum absolute atomic E-state index is 15.3. The predicted molar refractivity (Wildman–Crippen MR) is 183 cm³/mol. The van der Waals surface area contributed by atoms with Crippen LogP contribution < -0.4 is 5.01 Å². The van der Waals surface area contributed by atoms with Gasteiger partial charge in [-0.3, -0.25) is 4.79 Å². The number of para-hydroxylation sites is 1. The third-order valence-electron chi connectivity index (χ3n) is 9.78. The van der Waals surface area contributed by atoms with Gasteiger partial charge in [0.05, 0.1) is 5.69 Å². The number of hydrogen-bond acceptors (Lipinski definition) is 3. The van der Waals surface area contributed by atoms with E-state index in [9.17, 15) is 0 Å². The van der Waals surface area contributed by atoms with E-state index in [1.54, 1.807) is 0 Å². The molecule has 1 atom stereocenters. The van der Waals surface area contributed by atoms with E-state index in [0.29, 0.717) is 19.0 Å². The fraction of sp³-hybridized carbons (Fsp3) is 0.244. The van der Waals surface area contributed by atoms with Gasteiger partial charge in [-0.1, -0.05) is 140 Å². The molecule has 1 fully saturated rings. The molecule has 0 saturated carbocycles. The first kappa shape index (κ1) is 29.2. The number of rotatable bonds is 10. The standard InChI is InChI=1S/C41H41N3O/c45-40-41(37-21-11-4-12-22-37,27-30-42-28-25-36(26-29-42)35-19-9-3-10-20-35)38-23-13-14-24-39(38)44(40)43(31-33-15-5-1-6-16-33)32-34-17-7-2-8-18-34/h1-24,36H,25-32H2. The zero-order valence-electron chi connectivity index (χ0n) is 25.8. The van der Waals surface area contributed by atoms with Gasteiger partial charge in [-0.05, 0) is 78.7 Å². The summed E-state index contributed by atoms with van der Waals surface area (Å²) in [6, 6.07) is 50.9. The minimum Gasteiger partial charge on any atom is -0.303 e. The highest BCUT2D eigenvalue weighted by atomic mass is 16.2. The first-order chi connectivity index (χ1) is 22.2. The van der Waals surface area contributed by atoms with Crippen molar-refractivity contribution in [2.75, 3.05) is 24.6 Å². The van der Waals surface area contributed by atoms with Gasteiger partial charge in [-0.25, -0.2) is 10.0 Å². The van der Waals surface area contributed by atoms with E-state index in [0.717, 1.165) is 55.7 Å². The van der Waals surface area contributed by atoms with Gasteiger partial charge < -0.3 is 4.90 Å². The zero-order chi connectivity index (χ0) is 30.5. The SMILES string of the molecule is O=C1N(N(Cc2ccccc2)Cc2ccccc2)c2ccccc2C1(CCN1CCC(c2ccccc2)CC1)c1ccccc1. The van der Waals surface area contributed by atoms with Crippen molar-refractivity contribution >= 4 is 11.6 Å². The van der Waals surface area contributed by atoms with Crippen LogP contribution in [0.25, 0.3) is 0 Å². The van der Waals surface area contributed by atoms with Crippen LogP contribution in [-0.4, -0.2) is 35.5 Å². The summed E-state index contributed by atoms with van der Waals surface area (Å²) in [7, 11) is 0. The lowest BCUT2D eigenvalue weighted by molar-refractivity contribution is -0.125. The van der Waals surface area contributed by atoms with Crippen LogP contribution in [0, 0.1) is 0 Å². The molecule has 0 aromatic heterocycles. The summed E-state index contributed by atoms with van der Waals surface area (Å²) in [6.07, 6.45) is 3.05. The molecule has 0 bridgehead atoms. The Morgan fingerprint density at radius 2 is 1.13 bits per heavy atom. The second kappa shape index (κ2) is 13.2. The third-order valence-corrected chi connectivity index (χ3v) is 9.78. The largest absolute Gasteiger partial charge is 0.303 e. The van der Waals surface area contributed by atoms with Gasteiger partial charge in [-0.15, -0.1) is 0 Å². The van der Waals surface area contributed by atoms with Crippen molar-refractivity contribution in [3.05, 3.63) is 173 Å². The van der Waals surface area contributed by atoms with Crippen LogP contribution in [0.3, 0.4) is 0 Å². The third kappa shape index (κ3) is 5.96. The molecule has 0 radical (unpaired) electrons. The highest BCUT2D eigenvalue weighted by molar-refractivity contribution is 6.09. The molecule has 5 aromatic rings. The summed E-state index contributed by atoms with van der Waals surface area (Å²) in [5.74, 6) is 0.750. The summed E-state index contributed by atoms with van der Waals surface area (Å²) in [6.45, 7) is 4.25. The fourth-order valence-electron chi connectivity index (χ4n) is 7.42. The van der Waals surface area contributed by atoms with Crippen molar-refractivity contribution in [3.8, 4) is 0 Å². The topological polar surface area (TPSA) is 26.8 Å². The minimum absolute atomic E-state index is 0.140. The van der Waals surface area contributed by atoms with E-state index in [1.807, 2.05) is 23.2 Å². The highest BCUT2D eigenvalue weighted by Crippen LogP contribution is 2.49. The van der Waals surface area contributed by atoms with Crippen LogP contribution >= 0.6 is 0 Å². The molecule has 4 nitrogen and oxygen atoms in total. The number of anilines is 1. The van der Waals surface area contributed by atoms with Gasteiger partial charge in [0.1, 0.15) is 5.41 Å².